The van der Waals surface area contributed by atoms with Crippen molar-refractivity contribution in [1.29, 1.82) is 0 Å². The smallest absolute Gasteiger partial charge is 0.160 e. The first-order valence-corrected chi connectivity index (χ1v) is 19.3. The average Bonchev–Trinajstić information content (AvgIpc) is 3.79. The van der Waals surface area contributed by atoms with Crippen LogP contribution in [0.25, 0.3) is 86.9 Å². The molecule has 0 spiro atoms. The van der Waals surface area contributed by atoms with E-state index in [2.05, 4.69) is 158 Å². The second-order valence-electron chi connectivity index (χ2n) is 13.5. The molecule has 1 aliphatic heterocycles. The lowest BCUT2D eigenvalue weighted by Crippen LogP contribution is -2.09. The second-order valence-corrected chi connectivity index (χ2v) is 15.7. The van der Waals surface area contributed by atoms with E-state index in [9.17, 15) is 0 Å². The van der Waals surface area contributed by atoms with Crippen LogP contribution in [0.4, 0.5) is 0 Å². The van der Waals surface area contributed by atoms with Crippen molar-refractivity contribution in [3.63, 3.8) is 0 Å². The summed E-state index contributed by atoms with van der Waals surface area (Å²) < 4.78 is 2.51. The molecule has 9 aromatic rings. The summed E-state index contributed by atoms with van der Waals surface area (Å²) in [5.74, 6) is 1.03. The molecule has 244 valence electrons. The van der Waals surface area contributed by atoms with Gasteiger partial charge in [-0.25, -0.2) is 15.0 Å². The Bertz CT molecular complexity index is 2940. The van der Waals surface area contributed by atoms with E-state index >= 15 is 0 Å². The van der Waals surface area contributed by atoms with Crippen molar-refractivity contribution in [2.75, 3.05) is 0 Å². The maximum Gasteiger partial charge on any atom is 0.160 e. The minimum Gasteiger partial charge on any atom is -0.246 e. The Morgan fingerprint density at radius 2 is 1.23 bits per heavy atom. The Balaban J connectivity index is 1.03. The SMILES string of the molecule is C1=CC2Sc3c(-c4ccc(-c5cccc(-c6nc7cc8ccccc8cc7c7c6sc6ccccc67)c5)cc4)nc(-c4ccccc4)nc3C2C=C1. The van der Waals surface area contributed by atoms with Crippen molar-refractivity contribution < 1.29 is 0 Å². The molecule has 4 heterocycles. The Morgan fingerprint density at radius 3 is 2.12 bits per heavy atom. The van der Waals surface area contributed by atoms with Gasteiger partial charge in [0.25, 0.3) is 0 Å². The number of hydrogen-bond acceptors (Lipinski definition) is 5. The molecule has 0 saturated heterocycles. The van der Waals surface area contributed by atoms with Crippen LogP contribution in [0.5, 0.6) is 0 Å². The number of pyridine rings is 1. The van der Waals surface area contributed by atoms with Crippen LogP contribution in [-0.4, -0.2) is 20.2 Å². The summed E-state index contributed by atoms with van der Waals surface area (Å²) in [6.07, 6.45) is 8.86. The minimum atomic E-state index is 0.256. The van der Waals surface area contributed by atoms with Crippen molar-refractivity contribution in [3.05, 3.63) is 170 Å². The van der Waals surface area contributed by atoms with Gasteiger partial charge in [0.1, 0.15) is 0 Å². The van der Waals surface area contributed by atoms with Crippen LogP contribution < -0.4 is 0 Å². The highest BCUT2D eigenvalue weighted by molar-refractivity contribution is 8.00. The molecule has 3 nitrogen and oxygen atoms in total. The summed E-state index contributed by atoms with van der Waals surface area (Å²) in [7, 11) is 0. The monoisotopic (exact) mass is 699 g/mol. The maximum absolute atomic E-state index is 5.39. The highest BCUT2D eigenvalue weighted by atomic mass is 32.2. The summed E-state index contributed by atoms with van der Waals surface area (Å²) in [4.78, 5) is 16.9. The summed E-state index contributed by atoms with van der Waals surface area (Å²) in [6.45, 7) is 0. The number of hydrogen-bond donors (Lipinski definition) is 0. The molecule has 52 heavy (non-hydrogen) atoms. The van der Waals surface area contributed by atoms with E-state index in [-0.39, 0.29) is 5.92 Å². The maximum atomic E-state index is 5.39. The van der Waals surface area contributed by atoms with Gasteiger partial charge < -0.3 is 0 Å². The fraction of sp³-hybridized carbons (Fsp3) is 0.0426. The Kier molecular flexibility index (Phi) is 6.79. The molecule has 11 rings (SSSR count). The summed E-state index contributed by atoms with van der Waals surface area (Å²) in [5, 5.41) is 6.57. The van der Waals surface area contributed by atoms with E-state index in [0.29, 0.717) is 5.25 Å². The van der Waals surface area contributed by atoms with Crippen LogP contribution in [0.3, 0.4) is 0 Å². The zero-order valence-corrected chi connectivity index (χ0v) is 29.5. The first kappa shape index (κ1) is 29.8. The Labute approximate surface area is 309 Å². The van der Waals surface area contributed by atoms with Crippen LogP contribution >= 0.6 is 23.1 Å². The van der Waals surface area contributed by atoms with Gasteiger partial charge in [-0.3, -0.25) is 0 Å². The zero-order chi connectivity index (χ0) is 34.2. The number of rotatable bonds is 4. The third-order valence-electron chi connectivity index (χ3n) is 10.4. The Morgan fingerprint density at radius 1 is 0.500 bits per heavy atom. The molecule has 6 aromatic carbocycles. The molecule has 3 aromatic heterocycles. The van der Waals surface area contributed by atoms with Gasteiger partial charge in [0.05, 0.1) is 32.2 Å². The molecule has 0 radical (unpaired) electrons. The van der Waals surface area contributed by atoms with E-state index in [1.165, 1.54) is 41.2 Å². The van der Waals surface area contributed by atoms with Crippen LogP contribution in [0.2, 0.25) is 0 Å². The fourth-order valence-electron chi connectivity index (χ4n) is 7.84. The molecule has 1 aliphatic carbocycles. The van der Waals surface area contributed by atoms with E-state index in [1.54, 1.807) is 0 Å². The molecule has 2 unspecified atom stereocenters. The lowest BCUT2D eigenvalue weighted by atomic mass is 9.95. The lowest BCUT2D eigenvalue weighted by Gasteiger charge is -2.14. The molecular weight excluding hydrogens is 671 g/mol. The Hall–Kier alpha value is -5.88. The largest absolute Gasteiger partial charge is 0.246 e. The molecule has 0 saturated carbocycles. The minimum absolute atomic E-state index is 0.256. The fourth-order valence-corrected chi connectivity index (χ4v) is 10.5. The van der Waals surface area contributed by atoms with Crippen molar-refractivity contribution in [1.82, 2.24) is 15.0 Å². The topological polar surface area (TPSA) is 38.7 Å². The van der Waals surface area contributed by atoms with Crippen LogP contribution in [0.1, 0.15) is 11.6 Å². The first-order chi connectivity index (χ1) is 25.7. The predicted molar refractivity (Wildman–Crippen MR) is 220 cm³/mol. The second kappa shape index (κ2) is 11.8. The van der Waals surface area contributed by atoms with E-state index in [0.717, 1.165) is 56.2 Å². The third kappa shape index (κ3) is 4.77. The number of allylic oxidation sites excluding steroid dienone is 3. The molecular formula is C47H29N3S2. The zero-order valence-electron chi connectivity index (χ0n) is 27.9. The van der Waals surface area contributed by atoms with Gasteiger partial charge in [0.15, 0.2) is 5.82 Å². The summed E-state index contributed by atoms with van der Waals surface area (Å²) in [6, 6.07) is 50.0. The molecule has 0 N–H and O–H groups in total. The first-order valence-electron chi connectivity index (χ1n) is 17.6. The molecule has 2 atom stereocenters. The van der Waals surface area contributed by atoms with Gasteiger partial charge in [-0.2, -0.15) is 0 Å². The van der Waals surface area contributed by atoms with Crippen LogP contribution in [0.15, 0.2) is 169 Å². The van der Waals surface area contributed by atoms with Gasteiger partial charge in [-0.15, -0.1) is 23.1 Å². The standard InChI is InChI=1S/C47H29N3S2/c1-2-11-30(12-3-1)47-49-42(46-44(50-47)36-18-7-9-20-40(36)52-46)29-23-21-28(22-24-29)31-15-10-16-34(25-31)43-45-41(35-17-6-8-19-39(35)51-45)37-26-32-13-4-5-14-33(32)27-38(37)48-43/h1-27,36,40H. The van der Waals surface area contributed by atoms with Crippen molar-refractivity contribution >= 4 is 64.9 Å². The van der Waals surface area contributed by atoms with E-state index in [4.69, 9.17) is 15.0 Å². The molecule has 0 bridgehead atoms. The van der Waals surface area contributed by atoms with E-state index in [1.807, 2.05) is 29.2 Å². The lowest BCUT2D eigenvalue weighted by molar-refractivity contribution is 0.829. The number of benzene rings is 6. The summed E-state index contributed by atoms with van der Waals surface area (Å²) in [5.41, 5.74) is 9.76. The average molecular weight is 700 g/mol. The van der Waals surface area contributed by atoms with Gasteiger partial charge >= 0.3 is 0 Å². The summed E-state index contributed by atoms with van der Waals surface area (Å²) >= 11 is 3.72. The molecule has 5 heteroatoms. The van der Waals surface area contributed by atoms with Gasteiger partial charge in [0.2, 0.25) is 0 Å². The molecule has 0 fully saturated rings. The van der Waals surface area contributed by atoms with Crippen LogP contribution in [-0.2, 0) is 0 Å². The number of nitrogens with zero attached hydrogens (tertiary/aromatic N) is 3. The van der Waals surface area contributed by atoms with Gasteiger partial charge in [-0.1, -0.05) is 140 Å². The van der Waals surface area contributed by atoms with Crippen molar-refractivity contribution in [3.8, 4) is 45.0 Å². The van der Waals surface area contributed by atoms with Gasteiger partial charge in [0, 0.05) is 48.7 Å². The number of thioether (sulfide) groups is 1. The van der Waals surface area contributed by atoms with Crippen molar-refractivity contribution in [2.24, 2.45) is 0 Å². The number of aromatic nitrogens is 3. The molecule has 0 amide bonds. The third-order valence-corrected chi connectivity index (χ3v) is 12.9. The molecule has 2 aliphatic rings. The van der Waals surface area contributed by atoms with Gasteiger partial charge in [-0.05, 0) is 46.2 Å². The highest BCUT2D eigenvalue weighted by Gasteiger charge is 2.36. The van der Waals surface area contributed by atoms with Crippen LogP contribution in [0, 0.1) is 0 Å². The highest BCUT2D eigenvalue weighted by Crippen LogP contribution is 2.51. The van der Waals surface area contributed by atoms with Crippen molar-refractivity contribution in [2.45, 2.75) is 16.1 Å². The normalized spacial score (nSPS) is 16.2. The van der Waals surface area contributed by atoms with E-state index < -0.39 is 0 Å². The number of thiophene rings is 1. The quantitative estimate of drug-likeness (QED) is 0.171. The number of fused-ring (bicyclic) bond motifs is 9. The predicted octanol–water partition coefficient (Wildman–Crippen LogP) is 12.9.